The van der Waals surface area contributed by atoms with Gasteiger partial charge in [0.25, 0.3) is 5.91 Å². The van der Waals surface area contributed by atoms with Crippen molar-refractivity contribution in [2.75, 3.05) is 5.32 Å². The third-order valence-electron chi connectivity index (χ3n) is 3.16. The molecule has 0 fully saturated rings. The molecule has 0 saturated carbocycles. The van der Waals surface area contributed by atoms with E-state index in [4.69, 9.17) is 23.8 Å². The van der Waals surface area contributed by atoms with E-state index in [2.05, 4.69) is 10.6 Å². The van der Waals surface area contributed by atoms with Gasteiger partial charge in [0.05, 0.1) is 16.3 Å². The zero-order valence-electron chi connectivity index (χ0n) is 12.4. The average molecular weight is 373 g/mol. The Balaban J connectivity index is 2.08. The van der Waals surface area contributed by atoms with Crippen LogP contribution in [0.25, 0.3) is 0 Å². The Labute approximate surface area is 146 Å². The minimum absolute atomic E-state index is 0.0649. The third kappa shape index (κ3) is 4.46. The maximum atomic E-state index is 12.6. The van der Waals surface area contributed by atoms with Gasteiger partial charge >= 0.3 is 6.18 Å². The molecule has 3 nitrogen and oxygen atoms in total. The molecule has 2 N–H and O–H groups in total. The number of hydrogen-bond acceptors (Lipinski definition) is 2. The molecule has 0 aromatic heterocycles. The summed E-state index contributed by atoms with van der Waals surface area (Å²) in [6, 6.07) is 9.74. The summed E-state index contributed by atoms with van der Waals surface area (Å²) in [7, 11) is 0. The predicted molar refractivity (Wildman–Crippen MR) is 91.3 cm³/mol. The van der Waals surface area contributed by atoms with Crippen molar-refractivity contribution >= 4 is 40.5 Å². The summed E-state index contributed by atoms with van der Waals surface area (Å²) in [4.78, 5) is 12.1. The van der Waals surface area contributed by atoms with Crippen molar-refractivity contribution in [3.8, 4) is 0 Å². The SMILES string of the molecule is Cc1ccccc1C(=O)NC(=S)Nc1ccc(C(F)(F)F)cc1Cl. The van der Waals surface area contributed by atoms with Crippen molar-refractivity contribution in [1.29, 1.82) is 0 Å². The zero-order valence-corrected chi connectivity index (χ0v) is 13.9. The van der Waals surface area contributed by atoms with Crippen molar-refractivity contribution in [2.45, 2.75) is 13.1 Å². The Morgan fingerprint density at radius 1 is 1.17 bits per heavy atom. The molecular weight excluding hydrogens is 361 g/mol. The number of hydrogen-bond donors (Lipinski definition) is 2. The molecule has 0 heterocycles. The standard InChI is InChI=1S/C16H12ClF3N2OS/c1-9-4-2-3-5-11(9)14(23)22-15(24)21-13-7-6-10(8-12(13)17)16(18,19)20/h2-8H,1H3,(H2,21,22,23,24). The fourth-order valence-electron chi connectivity index (χ4n) is 1.94. The Bertz CT molecular complexity index is 793. The molecule has 2 aromatic carbocycles. The molecule has 0 aliphatic heterocycles. The Morgan fingerprint density at radius 3 is 2.42 bits per heavy atom. The lowest BCUT2D eigenvalue weighted by atomic mass is 10.1. The van der Waals surface area contributed by atoms with Crippen molar-refractivity contribution < 1.29 is 18.0 Å². The maximum Gasteiger partial charge on any atom is 0.416 e. The molecule has 2 rings (SSSR count). The lowest BCUT2D eigenvalue weighted by molar-refractivity contribution is -0.137. The number of alkyl halides is 3. The molecule has 8 heteroatoms. The molecule has 24 heavy (non-hydrogen) atoms. The summed E-state index contributed by atoms with van der Waals surface area (Å²) in [5.74, 6) is -0.423. The number of aryl methyl sites for hydroxylation is 1. The average Bonchev–Trinajstić information content (AvgIpc) is 2.48. The van der Waals surface area contributed by atoms with Gasteiger partial charge in [0, 0.05) is 5.56 Å². The van der Waals surface area contributed by atoms with E-state index in [1.807, 2.05) is 0 Å². The van der Waals surface area contributed by atoms with Crippen LogP contribution in [0.4, 0.5) is 18.9 Å². The summed E-state index contributed by atoms with van der Waals surface area (Å²) in [5.41, 5.74) is 0.512. The van der Waals surface area contributed by atoms with Gasteiger partial charge in [0.2, 0.25) is 0 Å². The van der Waals surface area contributed by atoms with Crippen LogP contribution >= 0.6 is 23.8 Å². The van der Waals surface area contributed by atoms with Crippen LogP contribution in [0.2, 0.25) is 5.02 Å². The van der Waals surface area contributed by atoms with Gasteiger partial charge < -0.3 is 5.32 Å². The highest BCUT2D eigenvalue weighted by Crippen LogP contribution is 2.33. The highest BCUT2D eigenvalue weighted by atomic mass is 35.5. The first-order valence-corrected chi connectivity index (χ1v) is 7.52. The van der Waals surface area contributed by atoms with Gasteiger partial charge in [0.1, 0.15) is 0 Å². The van der Waals surface area contributed by atoms with E-state index in [-0.39, 0.29) is 15.8 Å². The van der Waals surface area contributed by atoms with Crippen LogP contribution in [0.1, 0.15) is 21.5 Å². The molecule has 0 aliphatic carbocycles. The van der Waals surface area contributed by atoms with Gasteiger partial charge in [-0.25, -0.2) is 0 Å². The molecule has 0 atom stereocenters. The van der Waals surface area contributed by atoms with Gasteiger partial charge in [0.15, 0.2) is 5.11 Å². The van der Waals surface area contributed by atoms with Crippen LogP contribution in [0, 0.1) is 6.92 Å². The van der Waals surface area contributed by atoms with Crippen LogP contribution in [0.15, 0.2) is 42.5 Å². The predicted octanol–water partition coefficient (Wildman–Crippen LogP) is 4.79. The number of nitrogens with one attached hydrogen (secondary N) is 2. The lowest BCUT2D eigenvalue weighted by Gasteiger charge is -2.13. The second-order valence-electron chi connectivity index (χ2n) is 4.92. The monoisotopic (exact) mass is 372 g/mol. The van der Waals surface area contributed by atoms with Crippen LogP contribution in [-0.4, -0.2) is 11.0 Å². The second-order valence-corrected chi connectivity index (χ2v) is 5.73. The largest absolute Gasteiger partial charge is 0.416 e. The summed E-state index contributed by atoms with van der Waals surface area (Å²) < 4.78 is 37.8. The first-order chi connectivity index (χ1) is 11.2. The first kappa shape index (κ1) is 18.2. The molecule has 0 aliphatic rings. The van der Waals surface area contributed by atoms with Gasteiger partial charge in [-0.2, -0.15) is 13.2 Å². The van der Waals surface area contributed by atoms with Gasteiger partial charge in [-0.1, -0.05) is 29.8 Å². The van der Waals surface area contributed by atoms with Crippen molar-refractivity contribution in [1.82, 2.24) is 5.32 Å². The molecule has 0 unspecified atom stereocenters. The van der Waals surface area contributed by atoms with E-state index in [0.29, 0.717) is 5.56 Å². The van der Waals surface area contributed by atoms with Crippen molar-refractivity contribution in [3.05, 3.63) is 64.2 Å². The van der Waals surface area contributed by atoms with E-state index < -0.39 is 17.6 Å². The van der Waals surface area contributed by atoms with E-state index in [1.54, 1.807) is 31.2 Å². The quantitative estimate of drug-likeness (QED) is 0.744. The number of rotatable bonds is 2. The smallest absolute Gasteiger partial charge is 0.331 e. The number of halogens is 4. The number of anilines is 1. The molecule has 0 bridgehead atoms. The first-order valence-electron chi connectivity index (χ1n) is 6.73. The zero-order chi connectivity index (χ0) is 17.9. The fraction of sp³-hybridized carbons (Fsp3) is 0.125. The number of thiocarbonyl (C=S) groups is 1. The van der Waals surface area contributed by atoms with Crippen LogP contribution in [0.3, 0.4) is 0 Å². The number of carbonyl (C=O) groups excluding carboxylic acids is 1. The van der Waals surface area contributed by atoms with Gasteiger partial charge in [-0.3, -0.25) is 10.1 Å². The van der Waals surface area contributed by atoms with E-state index in [1.165, 1.54) is 0 Å². The summed E-state index contributed by atoms with van der Waals surface area (Å²) in [6.45, 7) is 1.78. The molecular formula is C16H12ClF3N2OS. The minimum atomic E-state index is -4.48. The van der Waals surface area contributed by atoms with Crippen molar-refractivity contribution in [3.63, 3.8) is 0 Å². The fourth-order valence-corrected chi connectivity index (χ4v) is 2.37. The summed E-state index contributed by atoms with van der Waals surface area (Å²) in [5, 5.41) is 4.85. The molecule has 0 radical (unpaired) electrons. The number of benzene rings is 2. The molecule has 2 aromatic rings. The van der Waals surface area contributed by atoms with E-state index in [9.17, 15) is 18.0 Å². The minimum Gasteiger partial charge on any atom is -0.331 e. The number of amides is 1. The maximum absolute atomic E-state index is 12.6. The summed E-state index contributed by atoms with van der Waals surface area (Å²) >= 11 is 10.8. The Kier molecular flexibility index (Phi) is 5.46. The van der Waals surface area contributed by atoms with Crippen molar-refractivity contribution in [2.24, 2.45) is 0 Å². The normalized spacial score (nSPS) is 11.0. The summed E-state index contributed by atoms with van der Waals surface area (Å²) in [6.07, 6.45) is -4.48. The Morgan fingerprint density at radius 2 is 1.83 bits per heavy atom. The van der Waals surface area contributed by atoms with Gasteiger partial charge in [-0.05, 0) is 49.0 Å². The third-order valence-corrected chi connectivity index (χ3v) is 3.68. The highest BCUT2D eigenvalue weighted by molar-refractivity contribution is 7.80. The topological polar surface area (TPSA) is 41.1 Å². The lowest BCUT2D eigenvalue weighted by Crippen LogP contribution is -2.34. The van der Waals surface area contributed by atoms with Crippen LogP contribution in [-0.2, 0) is 6.18 Å². The number of carbonyl (C=O) groups is 1. The Hall–Kier alpha value is -2.12. The molecule has 0 spiro atoms. The highest BCUT2D eigenvalue weighted by Gasteiger charge is 2.30. The van der Waals surface area contributed by atoms with Gasteiger partial charge in [-0.15, -0.1) is 0 Å². The van der Waals surface area contributed by atoms with Crippen LogP contribution < -0.4 is 10.6 Å². The van der Waals surface area contributed by atoms with E-state index >= 15 is 0 Å². The molecule has 0 saturated heterocycles. The van der Waals surface area contributed by atoms with Crippen LogP contribution in [0.5, 0.6) is 0 Å². The van der Waals surface area contributed by atoms with E-state index in [0.717, 1.165) is 23.8 Å². The molecule has 1 amide bonds. The molecule has 126 valence electrons. The second kappa shape index (κ2) is 7.19.